The van der Waals surface area contributed by atoms with Crippen LogP contribution in [0.2, 0.25) is 0 Å². The summed E-state index contributed by atoms with van der Waals surface area (Å²) >= 11 is 0. The van der Waals surface area contributed by atoms with Crippen molar-refractivity contribution in [1.29, 1.82) is 0 Å². The predicted octanol–water partition coefficient (Wildman–Crippen LogP) is 8.67. The molecule has 1 rings (SSSR count). The van der Waals surface area contributed by atoms with E-state index in [1.807, 2.05) is 18.2 Å². The molecule has 0 saturated heterocycles. The molecule has 1 aliphatic rings. The van der Waals surface area contributed by atoms with Crippen molar-refractivity contribution in [2.45, 2.75) is 230 Å². The maximum absolute atomic E-state index is 13.6. The number of aliphatic hydroxyl groups is 5. The van der Waals surface area contributed by atoms with Crippen LogP contribution < -0.4 is 0 Å². The highest BCUT2D eigenvalue weighted by molar-refractivity contribution is 7.47. The second-order valence-corrected chi connectivity index (χ2v) is 19.5. The Bertz CT molecular complexity index is 1450. The highest BCUT2D eigenvalue weighted by atomic mass is 31.2. The van der Waals surface area contributed by atoms with Crippen LogP contribution in [0.1, 0.15) is 181 Å². The third kappa shape index (κ3) is 29.6. The van der Waals surface area contributed by atoms with Crippen molar-refractivity contribution >= 4 is 27.4 Å². The molecule has 18 heteroatoms. The Labute approximate surface area is 388 Å². The number of hydrogen-bond acceptors (Lipinski definition) is 13. The minimum absolute atomic E-state index is 0.115. The number of carbonyl (C=O) groups is 2. The Kier molecular flexibility index (Phi) is 34.9. The van der Waals surface area contributed by atoms with E-state index in [9.17, 15) is 49.1 Å². The van der Waals surface area contributed by atoms with Crippen LogP contribution in [-0.2, 0) is 37.0 Å². The highest BCUT2D eigenvalue weighted by Gasteiger charge is 2.54. The number of ether oxygens (including phenoxy) is 1. The number of aliphatic hydroxyl groups excluding tert-OH is 5. The number of phosphoric ester groups is 2. The molecule has 0 aliphatic heterocycles. The number of hydrogen-bond donors (Lipinski definition) is 8. The van der Waals surface area contributed by atoms with Gasteiger partial charge in [0.05, 0.1) is 6.61 Å². The molecule has 0 bridgehead atoms. The lowest BCUT2D eigenvalue weighted by molar-refractivity contribution is -0.217. The first-order chi connectivity index (χ1) is 31.1. The van der Waals surface area contributed by atoms with Crippen molar-refractivity contribution in [3.63, 3.8) is 0 Å². The van der Waals surface area contributed by atoms with Gasteiger partial charge >= 0.3 is 21.6 Å². The molecule has 0 aromatic rings. The zero-order valence-electron chi connectivity index (χ0n) is 39.1. The molecule has 16 nitrogen and oxygen atoms in total. The second-order valence-electron chi connectivity index (χ2n) is 16.9. The number of phosphoric acid groups is 2. The average Bonchev–Trinajstić information content (AvgIpc) is 3.26. The highest BCUT2D eigenvalue weighted by Crippen LogP contribution is 2.50. The van der Waals surface area contributed by atoms with Gasteiger partial charge in [-0.15, -0.1) is 0 Å². The van der Waals surface area contributed by atoms with Gasteiger partial charge < -0.3 is 44.9 Å². The minimum Gasteiger partial charge on any atom is -0.457 e. The molecule has 0 aromatic heterocycles. The number of ketones is 1. The van der Waals surface area contributed by atoms with Crippen molar-refractivity contribution in [3.8, 4) is 0 Å². The number of esters is 1. The van der Waals surface area contributed by atoms with Gasteiger partial charge in [-0.2, -0.15) is 0 Å². The average molecular weight is 967 g/mol. The Balaban J connectivity index is 2.78. The summed E-state index contributed by atoms with van der Waals surface area (Å²) in [4.78, 5) is 55.5. The molecule has 0 heterocycles. The molecule has 1 saturated carbocycles. The fourth-order valence-electron chi connectivity index (χ4n) is 7.41. The number of rotatable bonds is 40. The minimum atomic E-state index is -5.58. The molecule has 2 unspecified atom stereocenters. The molecule has 8 N–H and O–H groups in total. The maximum Gasteiger partial charge on any atom is 0.473 e. The van der Waals surface area contributed by atoms with E-state index in [0.29, 0.717) is 32.1 Å². The third-order valence-electron chi connectivity index (χ3n) is 11.2. The van der Waals surface area contributed by atoms with Crippen molar-refractivity contribution < 1.29 is 77.2 Å². The molecule has 0 amide bonds. The van der Waals surface area contributed by atoms with E-state index >= 15 is 0 Å². The second kappa shape index (κ2) is 37.1. The van der Waals surface area contributed by atoms with Crippen LogP contribution in [0.15, 0.2) is 48.6 Å². The molecule has 0 spiro atoms. The largest absolute Gasteiger partial charge is 0.473 e. The van der Waals surface area contributed by atoms with Gasteiger partial charge in [0.15, 0.2) is 18.0 Å². The van der Waals surface area contributed by atoms with Crippen molar-refractivity contribution in [1.82, 2.24) is 0 Å². The van der Waals surface area contributed by atoms with E-state index in [1.165, 1.54) is 77.0 Å². The zero-order chi connectivity index (χ0) is 48.4. The maximum atomic E-state index is 13.6. The van der Waals surface area contributed by atoms with Crippen LogP contribution in [0.25, 0.3) is 0 Å². The Morgan fingerprint density at radius 3 is 1.34 bits per heavy atom. The molecule has 1 fully saturated rings. The predicted molar refractivity (Wildman–Crippen MR) is 250 cm³/mol. The van der Waals surface area contributed by atoms with E-state index in [2.05, 4.69) is 48.8 Å². The molecule has 0 aromatic carbocycles. The molecule has 1 aliphatic carbocycles. The van der Waals surface area contributed by atoms with E-state index in [4.69, 9.17) is 23.6 Å². The van der Waals surface area contributed by atoms with Crippen LogP contribution >= 0.6 is 15.6 Å². The smallest absolute Gasteiger partial charge is 0.457 e. The van der Waals surface area contributed by atoms with Gasteiger partial charge in [0, 0.05) is 12.8 Å². The van der Waals surface area contributed by atoms with Gasteiger partial charge in [-0.3, -0.25) is 23.2 Å². The normalized spacial score (nSPS) is 22.6. The summed E-state index contributed by atoms with van der Waals surface area (Å²) < 4.78 is 44.5. The Morgan fingerprint density at radius 1 is 0.523 bits per heavy atom. The molecule has 9 atom stereocenters. The van der Waals surface area contributed by atoms with Gasteiger partial charge in [0.25, 0.3) is 0 Å². The van der Waals surface area contributed by atoms with E-state index in [1.54, 1.807) is 0 Å². The molecular formula is C47H84O16P2. The number of allylic oxidation sites excluding steroid dienone is 8. The summed E-state index contributed by atoms with van der Waals surface area (Å²) in [5.74, 6) is -1.62. The van der Waals surface area contributed by atoms with Crippen LogP contribution in [0.4, 0.5) is 0 Å². The molecule has 0 radical (unpaired) electrons. The lowest BCUT2D eigenvalue weighted by Gasteiger charge is -2.43. The fraction of sp³-hybridized carbons (Fsp3) is 0.787. The summed E-state index contributed by atoms with van der Waals surface area (Å²) in [7, 11) is -10.9. The van der Waals surface area contributed by atoms with Gasteiger partial charge in [-0.1, -0.05) is 165 Å². The first kappa shape index (κ1) is 61.1. The number of carbonyl (C=O) groups excluding carboxylic acids is 2. The molecular weight excluding hydrogens is 882 g/mol. The Hall–Kier alpha value is -1.88. The standard InChI is InChI=1S/C47H84O16P2/c1-3-5-7-9-11-13-15-17-19-20-22-24-26-28-30-32-34-36-40(50)60-39(37-48)45(38(49)35-33-31-29-27-25-23-21-18-16-14-12-10-8-6-4-2)62-65(58,59)63-47-43(53)41(51)46(42(52)44(47)54)61-64(55,56)57/h11,13,17,19,22,24,28,30,39,41-48,51-54H,3-10,12,14-16,18,20-21,23,25-27,29,31-37H2,1-2H3,(H,58,59)(H2,55,56,57)/b13-11-,19-17-,24-22-,30-28-/t39-,41-,42+,43-,44-,45?,46+,47+/m0/s1. The van der Waals surface area contributed by atoms with Crippen LogP contribution in [0.3, 0.4) is 0 Å². The lowest BCUT2D eigenvalue weighted by atomic mass is 9.85. The SMILES string of the molecule is CCCCC/C=C\C/C=C\C/C=C\C/C=C\CCCC(=O)O[C@@H](CO)C(OP(=O)(O)O[C@H]1[C@@H](O)[C@@H](O)[C@H](OP(=O)(O)O)[C@@H](O)[C@@H]1O)C(=O)CCCCCCCCCCCCCCCCC. The van der Waals surface area contributed by atoms with E-state index in [0.717, 1.165) is 44.9 Å². The van der Waals surface area contributed by atoms with Crippen LogP contribution in [0.5, 0.6) is 0 Å². The number of Topliss-reactive ketones (excluding diaryl/α,β-unsaturated/α-hetero) is 1. The summed E-state index contributed by atoms with van der Waals surface area (Å²) in [6.45, 7) is 3.41. The summed E-state index contributed by atoms with van der Waals surface area (Å²) in [6, 6.07) is 0. The quantitative estimate of drug-likeness (QED) is 0.0124. The zero-order valence-corrected chi connectivity index (χ0v) is 40.9. The number of unbranched alkanes of at least 4 members (excludes halogenated alkanes) is 18. The summed E-state index contributed by atoms with van der Waals surface area (Å²) in [5.41, 5.74) is 0. The van der Waals surface area contributed by atoms with Crippen LogP contribution in [-0.4, -0.2) is 107 Å². The fourth-order valence-corrected chi connectivity index (χ4v) is 9.12. The van der Waals surface area contributed by atoms with Crippen molar-refractivity contribution in [2.24, 2.45) is 0 Å². The van der Waals surface area contributed by atoms with E-state index < -0.39 is 82.8 Å². The van der Waals surface area contributed by atoms with Gasteiger partial charge in [-0.05, 0) is 51.4 Å². The lowest BCUT2D eigenvalue weighted by Crippen LogP contribution is -2.64. The Morgan fingerprint density at radius 2 is 0.908 bits per heavy atom. The first-order valence-corrected chi connectivity index (χ1v) is 27.2. The molecule has 65 heavy (non-hydrogen) atoms. The topological polar surface area (TPSA) is 267 Å². The van der Waals surface area contributed by atoms with E-state index in [-0.39, 0.29) is 12.8 Å². The summed E-state index contributed by atoms with van der Waals surface area (Å²) in [6.07, 6.45) is 23.2. The first-order valence-electron chi connectivity index (χ1n) is 24.2. The molecule has 378 valence electrons. The summed E-state index contributed by atoms with van der Waals surface area (Å²) in [5, 5.41) is 52.2. The van der Waals surface area contributed by atoms with Gasteiger partial charge in [0.1, 0.15) is 36.6 Å². The van der Waals surface area contributed by atoms with Crippen molar-refractivity contribution in [2.75, 3.05) is 6.61 Å². The van der Waals surface area contributed by atoms with Gasteiger partial charge in [0.2, 0.25) is 0 Å². The van der Waals surface area contributed by atoms with Crippen LogP contribution in [0, 0.1) is 0 Å². The van der Waals surface area contributed by atoms with Crippen molar-refractivity contribution in [3.05, 3.63) is 48.6 Å². The monoisotopic (exact) mass is 967 g/mol. The van der Waals surface area contributed by atoms with Gasteiger partial charge in [-0.25, -0.2) is 9.13 Å². The third-order valence-corrected chi connectivity index (χ3v) is 12.7.